The van der Waals surface area contributed by atoms with Gasteiger partial charge in [0.25, 0.3) is 0 Å². The van der Waals surface area contributed by atoms with Crippen LogP contribution in [0.3, 0.4) is 0 Å². The number of carbonyl (C=O) groups is 3. The fraction of sp³-hybridized carbons (Fsp3) is 0.773. The molecular formula is C22H32O8. The van der Waals surface area contributed by atoms with Crippen LogP contribution in [0.5, 0.6) is 0 Å². The average Bonchev–Trinajstić information content (AvgIpc) is 3.33. The van der Waals surface area contributed by atoms with Gasteiger partial charge in [-0.3, -0.25) is 14.4 Å². The van der Waals surface area contributed by atoms with Gasteiger partial charge in [0.15, 0.2) is 0 Å². The topological polar surface area (TPSA) is 101 Å². The lowest BCUT2D eigenvalue weighted by Crippen LogP contribution is -2.45. The van der Waals surface area contributed by atoms with Crippen molar-refractivity contribution in [3.05, 3.63) is 11.8 Å². The minimum Gasteiger partial charge on any atom is -0.462 e. The molecule has 1 aliphatic carbocycles. The molecule has 0 aromatic rings. The van der Waals surface area contributed by atoms with Crippen molar-refractivity contribution in [1.29, 1.82) is 0 Å². The summed E-state index contributed by atoms with van der Waals surface area (Å²) in [7, 11) is 0. The normalized spacial score (nSPS) is 31.8. The Bertz CT molecular complexity index is 706. The number of hydrogen-bond acceptors (Lipinski definition) is 8. The number of fused-ring (bicyclic) bond motifs is 2. The molecule has 1 saturated carbocycles. The summed E-state index contributed by atoms with van der Waals surface area (Å²) in [6, 6.07) is 0. The van der Waals surface area contributed by atoms with E-state index in [0.29, 0.717) is 19.4 Å². The summed E-state index contributed by atoms with van der Waals surface area (Å²) >= 11 is 0. The minimum atomic E-state index is -0.835. The van der Waals surface area contributed by atoms with Gasteiger partial charge in [0.2, 0.25) is 6.29 Å². The first kappa shape index (κ1) is 22.6. The highest BCUT2D eigenvalue weighted by molar-refractivity contribution is 5.70. The largest absolute Gasteiger partial charge is 0.462 e. The summed E-state index contributed by atoms with van der Waals surface area (Å²) in [5.74, 6) is -1.15. The Balaban J connectivity index is 1.80. The molecule has 3 aliphatic rings. The Labute approximate surface area is 177 Å². The van der Waals surface area contributed by atoms with Crippen LogP contribution in [-0.2, 0) is 38.1 Å². The van der Waals surface area contributed by atoms with Crippen LogP contribution in [0.15, 0.2) is 11.8 Å². The summed E-state index contributed by atoms with van der Waals surface area (Å²) in [6.45, 7) is 9.60. The van der Waals surface area contributed by atoms with E-state index in [2.05, 4.69) is 0 Å². The zero-order valence-corrected chi connectivity index (χ0v) is 18.3. The number of esters is 3. The van der Waals surface area contributed by atoms with Gasteiger partial charge in [0.1, 0.15) is 18.3 Å². The zero-order valence-electron chi connectivity index (χ0n) is 18.3. The molecule has 168 valence electrons. The molecule has 5 atom stereocenters. The first-order chi connectivity index (χ1) is 14.1. The van der Waals surface area contributed by atoms with Gasteiger partial charge in [-0.05, 0) is 18.3 Å². The van der Waals surface area contributed by atoms with Crippen molar-refractivity contribution >= 4 is 17.9 Å². The Kier molecular flexibility index (Phi) is 6.75. The maximum atomic E-state index is 12.3. The fourth-order valence-electron chi connectivity index (χ4n) is 4.35. The summed E-state index contributed by atoms with van der Waals surface area (Å²) in [6.07, 6.45) is 1.31. The van der Waals surface area contributed by atoms with Crippen molar-refractivity contribution in [3.8, 4) is 0 Å². The maximum Gasteiger partial charge on any atom is 0.309 e. The zero-order chi connectivity index (χ0) is 22.1. The number of ether oxygens (including phenoxy) is 5. The van der Waals surface area contributed by atoms with E-state index < -0.39 is 24.0 Å². The SMILES string of the molecule is CC(=O)OCC1=CO[C@H](OC(=O)CC(C)C)[C@@H]2[C@@H]1C[C@@H](OC(=O)CC(C)C)[C@@]21CO1. The second-order valence-corrected chi connectivity index (χ2v) is 9.25. The van der Waals surface area contributed by atoms with Crippen LogP contribution in [0.1, 0.15) is 53.9 Å². The summed E-state index contributed by atoms with van der Waals surface area (Å²) in [4.78, 5) is 35.9. The third-order valence-corrected chi connectivity index (χ3v) is 5.72. The summed E-state index contributed by atoms with van der Waals surface area (Å²) in [5.41, 5.74) is 0.0270. The predicted molar refractivity (Wildman–Crippen MR) is 105 cm³/mol. The minimum absolute atomic E-state index is 0.0753. The highest BCUT2D eigenvalue weighted by Crippen LogP contribution is 2.58. The van der Waals surface area contributed by atoms with Gasteiger partial charge < -0.3 is 23.7 Å². The van der Waals surface area contributed by atoms with Gasteiger partial charge in [0.05, 0.1) is 18.8 Å². The predicted octanol–water partition coefficient (Wildman–Crippen LogP) is 2.74. The lowest BCUT2D eigenvalue weighted by molar-refractivity contribution is -0.192. The van der Waals surface area contributed by atoms with E-state index in [4.69, 9.17) is 23.7 Å². The average molecular weight is 424 g/mol. The van der Waals surface area contributed by atoms with Gasteiger partial charge in [-0.15, -0.1) is 0 Å². The Hall–Kier alpha value is -2.09. The van der Waals surface area contributed by atoms with Gasteiger partial charge in [-0.1, -0.05) is 27.7 Å². The van der Waals surface area contributed by atoms with Crippen LogP contribution in [0.2, 0.25) is 0 Å². The van der Waals surface area contributed by atoms with Crippen LogP contribution in [-0.4, -0.2) is 49.1 Å². The molecule has 0 amide bonds. The molecule has 0 aromatic carbocycles. The molecule has 0 unspecified atom stereocenters. The van der Waals surface area contributed by atoms with E-state index in [9.17, 15) is 14.4 Å². The highest BCUT2D eigenvalue weighted by atomic mass is 16.7. The van der Waals surface area contributed by atoms with E-state index in [1.54, 1.807) is 0 Å². The molecule has 8 heteroatoms. The van der Waals surface area contributed by atoms with Gasteiger partial charge in [-0.2, -0.15) is 0 Å². The van der Waals surface area contributed by atoms with E-state index in [0.717, 1.165) is 5.57 Å². The molecule has 8 nitrogen and oxygen atoms in total. The summed E-state index contributed by atoms with van der Waals surface area (Å²) < 4.78 is 28.2. The quantitative estimate of drug-likeness (QED) is 0.333. The second-order valence-electron chi connectivity index (χ2n) is 9.25. The maximum absolute atomic E-state index is 12.3. The van der Waals surface area contributed by atoms with Crippen molar-refractivity contribution < 1.29 is 38.1 Å². The molecule has 30 heavy (non-hydrogen) atoms. The molecule has 0 bridgehead atoms. The number of hydrogen-bond donors (Lipinski definition) is 0. The Morgan fingerprint density at radius 3 is 2.23 bits per heavy atom. The third kappa shape index (κ3) is 4.96. The van der Waals surface area contributed by atoms with Gasteiger partial charge >= 0.3 is 17.9 Å². The lowest BCUT2D eigenvalue weighted by Gasteiger charge is -2.35. The van der Waals surface area contributed by atoms with Crippen molar-refractivity contribution in [2.24, 2.45) is 23.7 Å². The number of epoxide rings is 1. The number of rotatable bonds is 8. The highest BCUT2D eigenvalue weighted by Gasteiger charge is 2.71. The second kappa shape index (κ2) is 8.96. The fourth-order valence-corrected chi connectivity index (χ4v) is 4.35. The molecule has 0 radical (unpaired) electrons. The molecule has 2 aliphatic heterocycles. The van der Waals surface area contributed by atoms with Crippen LogP contribution in [0.4, 0.5) is 0 Å². The Morgan fingerprint density at radius 1 is 1.10 bits per heavy atom. The lowest BCUT2D eigenvalue weighted by atomic mass is 9.83. The third-order valence-electron chi connectivity index (χ3n) is 5.72. The molecule has 1 spiro atoms. The molecule has 2 heterocycles. The molecular weight excluding hydrogens is 392 g/mol. The molecule has 3 rings (SSSR count). The van der Waals surface area contributed by atoms with E-state index in [1.165, 1.54) is 13.2 Å². The van der Waals surface area contributed by atoms with Crippen molar-refractivity contribution in [1.82, 2.24) is 0 Å². The van der Waals surface area contributed by atoms with Crippen molar-refractivity contribution in [3.63, 3.8) is 0 Å². The molecule has 2 fully saturated rings. The monoisotopic (exact) mass is 424 g/mol. The van der Waals surface area contributed by atoms with Crippen LogP contribution in [0.25, 0.3) is 0 Å². The van der Waals surface area contributed by atoms with Crippen LogP contribution in [0, 0.1) is 23.7 Å². The van der Waals surface area contributed by atoms with Gasteiger partial charge in [-0.25, -0.2) is 0 Å². The van der Waals surface area contributed by atoms with E-state index >= 15 is 0 Å². The molecule has 1 saturated heterocycles. The van der Waals surface area contributed by atoms with Crippen molar-refractivity contribution in [2.45, 2.75) is 71.9 Å². The van der Waals surface area contributed by atoms with Gasteiger partial charge in [0, 0.05) is 31.3 Å². The smallest absolute Gasteiger partial charge is 0.309 e. The summed E-state index contributed by atoms with van der Waals surface area (Å²) in [5, 5.41) is 0. The standard InChI is InChI=1S/C22H32O8/c1-12(2)6-18(24)29-17-8-16-15(9-26-14(5)23)10-27-21(20(16)22(17)11-28-22)30-19(25)7-13(3)4/h10,12-13,16-17,20-21H,6-9,11H2,1-5H3/t16-,17-,20+,21-,22+/m1/s1. The molecule has 0 N–H and O–H groups in total. The Morgan fingerprint density at radius 2 is 1.70 bits per heavy atom. The molecule has 0 aromatic heterocycles. The van der Waals surface area contributed by atoms with E-state index in [-0.39, 0.29) is 48.6 Å². The van der Waals surface area contributed by atoms with Crippen LogP contribution >= 0.6 is 0 Å². The number of carbonyl (C=O) groups excluding carboxylic acids is 3. The van der Waals surface area contributed by atoms with Crippen LogP contribution < -0.4 is 0 Å². The first-order valence-electron chi connectivity index (χ1n) is 10.6. The van der Waals surface area contributed by atoms with E-state index in [1.807, 2.05) is 27.7 Å². The van der Waals surface area contributed by atoms with Crippen molar-refractivity contribution in [2.75, 3.05) is 13.2 Å². The first-order valence-corrected chi connectivity index (χ1v) is 10.6.